The molecule has 1 saturated carbocycles. The molecule has 1 heterocycles. The zero-order valence-electron chi connectivity index (χ0n) is 9.33. The molecule has 1 fully saturated rings. The number of carbonyl (C=O) groups excluding carboxylic acids is 1. The van der Waals surface area contributed by atoms with Crippen molar-refractivity contribution >= 4 is 17.5 Å². The van der Waals surface area contributed by atoms with E-state index in [4.69, 9.17) is 11.6 Å². The molecule has 2 atom stereocenters. The Labute approximate surface area is 104 Å². The van der Waals surface area contributed by atoms with Gasteiger partial charge in [0.15, 0.2) is 0 Å². The predicted molar refractivity (Wildman–Crippen MR) is 63.6 cm³/mol. The van der Waals surface area contributed by atoms with Gasteiger partial charge in [0.2, 0.25) is 5.95 Å². The highest BCUT2D eigenvalue weighted by Gasteiger charge is 2.24. The molecule has 1 aromatic rings. The van der Waals surface area contributed by atoms with Crippen LogP contribution in [-0.2, 0) is 0 Å². The zero-order valence-corrected chi connectivity index (χ0v) is 10.1. The smallest absolute Gasteiger partial charge is 0.251 e. The predicted octanol–water partition coefficient (Wildman–Crippen LogP) is 2.50. The molecule has 0 saturated heterocycles. The Morgan fingerprint density at radius 2 is 2.24 bits per heavy atom. The fourth-order valence-corrected chi connectivity index (χ4v) is 2.39. The molecule has 0 bridgehead atoms. The first-order valence-corrected chi connectivity index (χ1v) is 6.17. The number of halogens is 2. The van der Waals surface area contributed by atoms with Gasteiger partial charge < -0.3 is 5.32 Å². The van der Waals surface area contributed by atoms with Crippen molar-refractivity contribution in [2.45, 2.75) is 37.1 Å². The quantitative estimate of drug-likeness (QED) is 0.653. The van der Waals surface area contributed by atoms with E-state index in [2.05, 4.69) is 10.3 Å². The summed E-state index contributed by atoms with van der Waals surface area (Å²) in [5.74, 6) is -0.937. The van der Waals surface area contributed by atoms with E-state index in [0.29, 0.717) is 0 Å². The van der Waals surface area contributed by atoms with Gasteiger partial charge in [0.25, 0.3) is 5.91 Å². The highest BCUT2D eigenvalue weighted by atomic mass is 35.5. The maximum absolute atomic E-state index is 12.9. The Kier molecular flexibility index (Phi) is 3.94. The van der Waals surface area contributed by atoms with Crippen LogP contribution in [0.1, 0.15) is 36.0 Å². The molecule has 0 aromatic carbocycles. The topological polar surface area (TPSA) is 42.0 Å². The number of aromatic nitrogens is 1. The highest BCUT2D eigenvalue weighted by molar-refractivity contribution is 6.21. The molecule has 0 radical (unpaired) electrons. The number of hydrogen-bond acceptors (Lipinski definition) is 2. The fourth-order valence-electron chi connectivity index (χ4n) is 2.04. The highest BCUT2D eigenvalue weighted by Crippen LogP contribution is 2.23. The van der Waals surface area contributed by atoms with Gasteiger partial charge >= 0.3 is 0 Å². The number of nitrogens with zero attached hydrogens (tertiary/aromatic N) is 1. The molecule has 0 spiro atoms. The van der Waals surface area contributed by atoms with E-state index < -0.39 is 5.95 Å². The number of nitrogens with one attached hydrogen (secondary N) is 1. The van der Waals surface area contributed by atoms with E-state index in [0.717, 1.165) is 31.7 Å². The molecule has 1 aromatic heterocycles. The second-order valence-corrected chi connectivity index (χ2v) is 4.81. The van der Waals surface area contributed by atoms with Crippen molar-refractivity contribution < 1.29 is 9.18 Å². The van der Waals surface area contributed by atoms with Crippen molar-refractivity contribution in [3.8, 4) is 0 Å². The molecule has 3 nitrogen and oxygen atoms in total. The second kappa shape index (κ2) is 5.45. The standard InChI is InChI=1S/C12H14ClFN2O/c13-9-3-1-2-4-10(9)16-12(17)8-5-6-15-11(14)7-8/h5-7,9-10H,1-4H2,(H,16,17)/t9-,10+/m0/s1. The van der Waals surface area contributed by atoms with Crippen molar-refractivity contribution in [3.05, 3.63) is 29.8 Å². The zero-order chi connectivity index (χ0) is 12.3. The molecule has 1 amide bonds. The van der Waals surface area contributed by atoms with Gasteiger partial charge in [-0.1, -0.05) is 12.8 Å². The molecule has 17 heavy (non-hydrogen) atoms. The van der Waals surface area contributed by atoms with E-state index in [1.807, 2.05) is 0 Å². The van der Waals surface area contributed by atoms with Crippen molar-refractivity contribution in [2.75, 3.05) is 0 Å². The number of hydrogen-bond donors (Lipinski definition) is 1. The van der Waals surface area contributed by atoms with E-state index in [9.17, 15) is 9.18 Å². The molecule has 1 aliphatic carbocycles. The lowest BCUT2D eigenvalue weighted by atomic mass is 9.94. The second-order valence-electron chi connectivity index (χ2n) is 4.25. The van der Waals surface area contributed by atoms with Gasteiger partial charge in [-0.2, -0.15) is 4.39 Å². The molecule has 1 aliphatic rings. The molecular formula is C12H14ClFN2O. The summed E-state index contributed by atoms with van der Waals surface area (Å²) in [4.78, 5) is 15.3. The van der Waals surface area contributed by atoms with E-state index in [-0.39, 0.29) is 22.9 Å². The van der Waals surface area contributed by atoms with Crippen molar-refractivity contribution in [3.63, 3.8) is 0 Å². The van der Waals surface area contributed by atoms with Crippen LogP contribution >= 0.6 is 11.6 Å². The molecular weight excluding hydrogens is 243 g/mol. The summed E-state index contributed by atoms with van der Waals surface area (Å²) in [6.07, 6.45) is 5.25. The SMILES string of the molecule is O=C(N[C@@H]1CCCC[C@@H]1Cl)c1ccnc(F)c1. The Morgan fingerprint density at radius 1 is 1.47 bits per heavy atom. The fraction of sp³-hybridized carbons (Fsp3) is 0.500. The summed E-state index contributed by atoms with van der Waals surface area (Å²) < 4.78 is 12.9. The van der Waals surface area contributed by atoms with Gasteiger partial charge in [0, 0.05) is 23.9 Å². The summed E-state index contributed by atoms with van der Waals surface area (Å²) in [6, 6.07) is 2.60. The minimum atomic E-state index is -0.649. The third-order valence-corrected chi connectivity index (χ3v) is 3.51. The van der Waals surface area contributed by atoms with Crippen LogP contribution in [-0.4, -0.2) is 22.3 Å². The average molecular weight is 257 g/mol. The summed E-state index contributed by atoms with van der Waals surface area (Å²) in [5.41, 5.74) is 0.284. The monoisotopic (exact) mass is 256 g/mol. The van der Waals surface area contributed by atoms with Crippen LogP contribution in [0.15, 0.2) is 18.3 Å². The minimum absolute atomic E-state index is 0.0193. The third kappa shape index (κ3) is 3.16. The molecule has 1 N–H and O–H groups in total. The van der Waals surface area contributed by atoms with Gasteiger partial charge in [-0.15, -0.1) is 11.6 Å². The molecule has 0 aliphatic heterocycles. The first kappa shape index (κ1) is 12.3. The number of alkyl halides is 1. The average Bonchev–Trinajstić information content (AvgIpc) is 2.32. The van der Waals surface area contributed by atoms with E-state index >= 15 is 0 Å². The normalized spacial score (nSPS) is 24.4. The van der Waals surface area contributed by atoms with Gasteiger partial charge in [-0.05, 0) is 18.9 Å². The maximum Gasteiger partial charge on any atom is 0.251 e. The Bertz CT molecular complexity index is 413. The van der Waals surface area contributed by atoms with Gasteiger partial charge in [0.1, 0.15) is 0 Å². The van der Waals surface area contributed by atoms with Crippen molar-refractivity contribution in [1.29, 1.82) is 0 Å². The first-order chi connectivity index (χ1) is 8.16. The van der Waals surface area contributed by atoms with Crippen molar-refractivity contribution in [2.24, 2.45) is 0 Å². The van der Waals surface area contributed by atoms with Crippen LogP contribution in [0.25, 0.3) is 0 Å². The van der Waals surface area contributed by atoms with E-state index in [1.165, 1.54) is 12.3 Å². The van der Waals surface area contributed by atoms with Crippen LogP contribution < -0.4 is 5.32 Å². The van der Waals surface area contributed by atoms with Gasteiger partial charge in [0.05, 0.1) is 5.38 Å². The summed E-state index contributed by atoms with van der Waals surface area (Å²) in [7, 11) is 0. The van der Waals surface area contributed by atoms with E-state index in [1.54, 1.807) is 0 Å². The Hall–Kier alpha value is -1.16. The summed E-state index contributed by atoms with van der Waals surface area (Å²) in [5, 5.41) is 2.82. The minimum Gasteiger partial charge on any atom is -0.348 e. The number of rotatable bonds is 2. The van der Waals surface area contributed by atoms with Crippen LogP contribution in [0.5, 0.6) is 0 Å². The molecule has 2 rings (SSSR count). The first-order valence-electron chi connectivity index (χ1n) is 5.73. The lowest BCUT2D eigenvalue weighted by molar-refractivity contribution is 0.0928. The van der Waals surface area contributed by atoms with Crippen molar-refractivity contribution in [1.82, 2.24) is 10.3 Å². The van der Waals surface area contributed by atoms with Crippen LogP contribution in [0.3, 0.4) is 0 Å². The summed E-state index contributed by atoms with van der Waals surface area (Å²) in [6.45, 7) is 0. The van der Waals surface area contributed by atoms with Crippen LogP contribution in [0, 0.1) is 5.95 Å². The lowest BCUT2D eigenvalue weighted by Crippen LogP contribution is -2.42. The lowest BCUT2D eigenvalue weighted by Gasteiger charge is -2.27. The summed E-state index contributed by atoms with van der Waals surface area (Å²) >= 11 is 6.14. The largest absolute Gasteiger partial charge is 0.348 e. The molecule has 92 valence electrons. The Morgan fingerprint density at radius 3 is 2.94 bits per heavy atom. The molecule has 5 heteroatoms. The number of amides is 1. The number of carbonyl (C=O) groups is 1. The maximum atomic E-state index is 12.9. The van der Waals surface area contributed by atoms with Crippen LogP contribution in [0.4, 0.5) is 4.39 Å². The van der Waals surface area contributed by atoms with Gasteiger partial charge in [-0.3, -0.25) is 4.79 Å². The third-order valence-electron chi connectivity index (χ3n) is 2.99. The van der Waals surface area contributed by atoms with Gasteiger partial charge in [-0.25, -0.2) is 4.98 Å². The molecule has 0 unspecified atom stereocenters. The van der Waals surface area contributed by atoms with Crippen LogP contribution in [0.2, 0.25) is 0 Å². The number of pyridine rings is 1. The Balaban J connectivity index is 2.01.